The first kappa shape index (κ1) is 19.6. The summed E-state index contributed by atoms with van der Waals surface area (Å²) in [6.07, 6.45) is -3.82. The maximum atomic E-state index is 12.4. The molecule has 0 aromatic heterocycles. The molecule has 0 radical (unpaired) electrons. The topological polar surface area (TPSA) is 84.5 Å². The summed E-state index contributed by atoms with van der Waals surface area (Å²) in [6, 6.07) is 10.9. The smallest absolute Gasteiger partial charge is 0.404 e. The van der Waals surface area contributed by atoms with Crippen LogP contribution in [0.2, 0.25) is 0 Å². The van der Waals surface area contributed by atoms with Crippen LogP contribution in [-0.4, -0.2) is 33.5 Å². The number of carbonyl (C=O) groups is 1. The molecule has 2 aromatic rings. The molecule has 0 unspecified atom stereocenters. The van der Waals surface area contributed by atoms with Crippen molar-refractivity contribution in [3.05, 3.63) is 48.5 Å². The van der Waals surface area contributed by atoms with Gasteiger partial charge in [0.15, 0.2) is 15.6 Å². The summed E-state index contributed by atoms with van der Waals surface area (Å²) < 4.78 is 64.0. The van der Waals surface area contributed by atoms with Gasteiger partial charge < -0.3 is 15.4 Å². The molecule has 26 heavy (non-hydrogen) atoms. The van der Waals surface area contributed by atoms with Crippen molar-refractivity contribution in [1.82, 2.24) is 0 Å². The SMILES string of the molecule is CS(=O)(=O)c1cccc(NC(=O)CNc2ccccc2OC(F)(F)F)c1. The van der Waals surface area contributed by atoms with Crippen LogP contribution in [0.15, 0.2) is 53.4 Å². The lowest BCUT2D eigenvalue weighted by Crippen LogP contribution is -2.23. The number of benzene rings is 2. The molecule has 0 bridgehead atoms. The molecule has 0 aliphatic carbocycles. The van der Waals surface area contributed by atoms with Crippen LogP contribution in [0.5, 0.6) is 5.75 Å². The number of rotatable bonds is 6. The molecule has 0 saturated carbocycles. The predicted octanol–water partition coefficient (Wildman–Crippen LogP) is 3.04. The van der Waals surface area contributed by atoms with Gasteiger partial charge in [-0.3, -0.25) is 4.79 Å². The van der Waals surface area contributed by atoms with E-state index in [4.69, 9.17) is 0 Å². The molecule has 140 valence electrons. The largest absolute Gasteiger partial charge is 0.573 e. The molecular weight excluding hydrogens is 373 g/mol. The number of alkyl halides is 3. The number of hydrogen-bond donors (Lipinski definition) is 2. The highest BCUT2D eigenvalue weighted by Crippen LogP contribution is 2.29. The van der Waals surface area contributed by atoms with Crippen molar-refractivity contribution >= 4 is 27.1 Å². The Morgan fingerprint density at radius 2 is 1.81 bits per heavy atom. The van der Waals surface area contributed by atoms with Gasteiger partial charge in [-0.25, -0.2) is 8.42 Å². The lowest BCUT2D eigenvalue weighted by molar-refractivity contribution is -0.274. The fraction of sp³-hybridized carbons (Fsp3) is 0.188. The van der Waals surface area contributed by atoms with E-state index < -0.39 is 27.9 Å². The van der Waals surface area contributed by atoms with Crippen molar-refractivity contribution in [1.29, 1.82) is 0 Å². The number of para-hydroxylation sites is 2. The van der Waals surface area contributed by atoms with E-state index in [9.17, 15) is 26.4 Å². The Balaban J connectivity index is 2.02. The maximum Gasteiger partial charge on any atom is 0.573 e. The number of carbonyl (C=O) groups excluding carboxylic acids is 1. The van der Waals surface area contributed by atoms with Crippen molar-refractivity contribution in [2.24, 2.45) is 0 Å². The summed E-state index contributed by atoms with van der Waals surface area (Å²) in [4.78, 5) is 12.0. The van der Waals surface area contributed by atoms with E-state index >= 15 is 0 Å². The molecule has 10 heteroatoms. The molecule has 2 N–H and O–H groups in total. The van der Waals surface area contributed by atoms with E-state index in [0.717, 1.165) is 12.3 Å². The lowest BCUT2D eigenvalue weighted by atomic mass is 10.3. The molecule has 2 rings (SSSR count). The van der Waals surface area contributed by atoms with E-state index in [-0.39, 0.29) is 22.8 Å². The molecule has 6 nitrogen and oxygen atoms in total. The van der Waals surface area contributed by atoms with Crippen LogP contribution in [0, 0.1) is 0 Å². The van der Waals surface area contributed by atoms with Gasteiger partial charge in [0.2, 0.25) is 5.91 Å². The summed E-state index contributed by atoms with van der Waals surface area (Å²) in [6.45, 7) is -0.346. The molecule has 0 aliphatic rings. The second-order valence-corrected chi connectivity index (χ2v) is 7.26. The molecule has 0 heterocycles. The van der Waals surface area contributed by atoms with Gasteiger partial charge in [0.25, 0.3) is 0 Å². The van der Waals surface area contributed by atoms with Crippen LogP contribution in [0.4, 0.5) is 24.5 Å². The highest BCUT2D eigenvalue weighted by molar-refractivity contribution is 7.90. The Kier molecular flexibility index (Phi) is 5.76. The van der Waals surface area contributed by atoms with Crippen molar-refractivity contribution in [3.8, 4) is 5.75 Å². The first-order valence-corrected chi connectivity index (χ1v) is 9.12. The van der Waals surface area contributed by atoms with Crippen molar-refractivity contribution in [2.45, 2.75) is 11.3 Å². The molecule has 0 saturated heterocycles. The Bertz CT molecular complexity index is 898. The van der Waals surface area contributed by atoms with E-state index in [1.165, 1.54) is 42.5 Å². The minimum Gasteiger partial charge on any atom is -0.404 e. The summed E-state index contributed by atoms with van der Waals surface area (Å²) in [5.74, 6) is -1.04. The normalized spacial score (nSPS) is 11.7. The van der Waals surface area contributed by atoms with E-state index in [2.05, 4.69) is 15.4 Å². The minimum atomic E-state index is -4.86. The quantitative estimate of drug-likeness (QED) is 0.795. The first-order chi connectivity index (χ1) is 12.0. The van der Waals surface area contributed by atoms with Crippen LogP contribution in [0.3, 0.4) is 0 Å². The van der Waals surface area contributed by atoms with Gasteiger partial charge in [-0.15, -0.1) is 13.2 Å². The van der Waals surface area contributed by atoms with Crippen LogP contribution in [0.1, 0.15) is 0 Å². The number of hydrogen-bond acceptors (Lipinski definition) is 5. The maximum absolute atomic E-state index is 12.4. The monoisotopic (exact) mass is 388 g/mol. The molecular formula is C16H15F3N2O4S. The van der Waals surface area contributed by atoms with Crippen LogP contribution in [-0.2, 0) is 14.6 Å². The van der Waals surface area contributed by atoms with Crippen molar-refractivity contribution in [3.63, 3.8) is 0 Å². The van der Waals surface area contributed by atoms with Crippen molar-refractivity contribution in [2.75, 3.05) is 23.4 Å². The van der Waals surface area contributed by atoms with E-state index in [1.54, 1.807) is 0 Å². The van der Waals surface area contributed by atoms with Crippen LogP contribution >= 0.6 is 0 Å². The third kappa shape index (κ3) is 5.96. The lowest BCUT2D eigenvalue weighted by Gasteiger charge is -2.14. The third-order valence-corrected chi connectivity index (χ3v) is 4.21. The minimum absolute atomic E-state index is 0.00939. The second-order valence-electron chi connectivity index (χ2n) is 5.25. The summed E-state index contributed by atoms with van der Waals surface area (Å²) in [5.41, 5.74) is 0.240. The van der Waals surface area contributed by atoms with Gasteiger partial charge in [-0.1, -0.05) is 18.2 Å². The molecule has 1 amide bonds. The number of sulfone groups is 1. The zero-order valence-electron chi connectivity index (χ0n) is 13.5. The number of halogens is 3. The molecule has 0 fully saturated rings. The molecule has 0 atom stereocenters. The summed E-state index contributed by atoms with van der Waals surface area (Å²) >= 11 is 0. The van der Waals surface area contributed by atoms with Crippen LogP contribution < -0.4 is 15.4 Å². The number of nitrogens with one attached hydrogen (secondary N) is 2. The highest BCUT2D eigenvalue weighted by atomic mass is 32.2. The fourth-order valence-electron chi connectivity index (χ4n) is 2.01. The zero-order chi connectivity index (χ0) is 19.4. The van der Waals surface area contributed by atoms with E-state index in [1.807, 2.05) is 0 Å². The van der Waals surface area contributed by atoms with Gasteiger partial charge >= 0.3 is 6.36 Å². The average Bonchev–Trinajstić information content (AvgIpc) is 2.52. The third-order valence-electron chi connectivity index (χ3n) is 3.10. The standard InChI is InChI=1S/C16H15F3N2O4S/c1-26(23,24)12-6-4-5-11(9-12)21-15(22)10-20-13-7-2-3-8-14(13)25-16(17,18)19/h2-9,20H,10H2,1H3,(H,21,22). The number of amides is 1. The Hall–Kier alpha value is -2.75. The summed E-state index contributed by atoms with van der Waals surface area (Å²) in [5, 5.41) is 5.01. The molecule has 0 spiro atoms. The highest BCUT2D eigenvalue weighted by Gasteiger charge is 2.32. The van der Waals surface area contributed by atoms with Gasteiger partial charge in [-0.05, 0) is 30.3 Å². The average molecular weight is 388 g/mol. The Morgan fingerprint density at radius 3 is 2.46 bits per heavy atom. The summed E-state index contributed by atoms with van der Waals surface area (Å²) in [7, 11) is -3.43. The predicted molar refractivity (Wildman–Crippen MR) is 89.8 cm³/mol. The Labute approximate surface area is 147 Å². The molecule has 2 aromatic carbocycles. The van der Waals surface area contributed by atoms with Gasteiger partial charge in [0, 0.05) is 11.9 Å². The Morgan fingerprint density at radius 1 is 1.12 bits per heavy atom. The fourth-order valence-corrected chi connectivity index (χ4v) is 2.68. The first-order valence-electron chi connectivity index (χ1n) is 7.23. The van der Waals surface area contributed by atoms with Gasteiger partial charge in [0.05, 0.1) is 17.1 Å². The van der Waals surface area contributed by atoms with Crippen molar-refractivity contribution < 1.29 is 31.1 Å². The number of ether oxygens (including phenoxy) is 1. The second kappa shape index (κ2) is 7.65. The number of anilines is 2. The molecule has 0 aliphatic heterocycles. The van der Waals surface area contributed by atoms with Gasteiger partial charge in [0.1, 0.15) is 0 Å². The van der Waals surface area contributed by atoms with Gasteiger partial charge in [-0.2, -0.15) is 0 Å². The van der Waals surface area contributed by atoms with Crippen LogP contribution in [0.25, 0.3) is 0 Å². The van der Waals surface area contributed by atoms with E-state index in [0.29, 0.717) is 0 Å². The zero-order valence-corrected chi connectivity index (χ0v) is 14.3.